The lowest BCUT2D eigenvalue weighted by Crippen LogP contribution is -2.20. The fraction of sp³-hybridized carbons (Fsp3) is 0.0625. The van der Waals surface area contributed by atoms with Crippen LogP contribution in [0.15, 0.2) is 47.6 Å². The summed E-state index contributed by atoms with van der Waals surface area (Å²) >= 11 is 17.9. The molecule has 1 heterocycles. The Kier molecular flexibility index (Phi) is 5.41. The minimum absolute atomic E-state index is 0.0188. The Balaban J connectivity index is 2.45. The van der Waals surface area contributed by atoms with Crippen molar-refractivity contribution < 1.29 is 21.6 Å². The number of aromatic nitrogens is 2. The van der Waals surface area contributed by atoms with Gasteiger partial charge in [0.15, 0.2) is 0 Å². The maximum Gasteiger partial charge on any atom is 0.418 e. The Morgan fingerprint density at radius 2 is 1.64 bits per heavy atom. The molecule has 0 bridgehead atoms. The number of primary sulfonamides is 1. The van der Waals surface area contributed by atoms with Crippen molar-refractivity contribution in [1.29, 1.82) is 0 Å². The number of benzene rings is 2. The summed E-state index contributed by atoms with van der Waals surface area (Å²) in [5.41, 5.74) is -2.09. The lowest BCUT2D eigenvalue weighted by Gasteiger charge is -2.19. The molecule has 5 nitrogen and oxygen atoms in total. The molecule has 0 amide bonds. The van der Waals surface area contributed by atoms with E-state index >= 15 is 0 Å². The number of rotatable bonds is 3. The molecule has 0 aliphatic rings. The third-order valence-corrected chi connectivity index (χ3v) is 5.70. The first-order valence-electron chi connectivity index (χ1n) is 7.32. The van der Waals surface area contributed by atoms with Crippen molar-refractivity contribution in [3.05, 3.63) is 63.4 Å². The summed E-state index contributed by atoms with van der Waals surface area (Å²) in [4.78, 5) is -0.775. The minimum atomic E-state index is -4.92. The van der Waals surface area contributed by atoms with E-state index in [1.165, 1.54) is 30.6 Å². The van der Waals surface area contributed by atoms with Crippen molar-refractivity contribution in [1.82, 2.24) is 9.78 Å². The molecular formula is C16H9Cl3F3N3O2S. The maximum atomic E-state index is 13.8. The molecule has 2 N–H and O–H groups in total. The minimum Gasteiger partial charge on any atom is -0.239 e. The van der Waals surface area contributed by atoms with Gasteiger partial charge >= 0.3 is 6.18 Å². The highest BCUT2D eigenvalue weighted by Crippen LogP contribution is 2.42. The van der Waals surface area contributed by atoms with Crippen molar-refractivity contribution in [3.8, 4) is 16.8 Å². The monoisotopic (exact) mass is 469 g/mol. The summed E-state index contributed by atoms with van der Waals surface area (Å²) in [6.45, 7) is 0. The van der Waals surface area contributed by atoms with Gasteiger partial charge in [0.25, 0.3) is 0 Å². The lowest BCUT2D eigenvalue weighted by molar-refractivity contribution is -0.137. The van der Waals surface area contributed by atoms with Crippen molar-refractivity contribution in [2.75, 3.05) is 0 Å². The molecule has 148 valence electrons. The van der Waals surface area contributed by atoms with E-state index in [1.807, 2.05) is 0 Å². The maximum absolute atomic E-state index is 13.8. The molecule has 0 aliphatic carbocycles. The normalized spacial score (nSPS) is 12.4. The average Bonchev–Trinajstić information content (AvgIpc) is 3.09. The molecule has 2 aromatic carbocycles. The standard InChI is InChI=1S/C16H9Cl3F3N3O2S/c17-11-7-13(19)12(18)6-9(11)8-4-10(16(20,21)22)15(25-3-1-2-24-25)14(5-8)28(23,26)27/h1-7H,(H2,23,26,27). The zero-order chi connectivity index (χ0) is 20.9. The number of alkyl halides is 3. The molecule has 0 spiro atoms. The fourth-order valence-corrected chi connectivity index (χ4v) is 4.00. The molecule has 0 atom stereocenters. The van der Waals surface area contributed by atoms with Crippen LogP contribution in [0.2, 0.25) is 15.1 Å². The van der Waals surface area contributed by atoms with E-state index in [4.69, 9.17) is 39.9 Å². The van der Waals surface area contributed by atoms with Crippen LogP contribution >= 0.6 is 34.8 Å². The second-order valence-electron chi connectivity index (χ2n) is 5.61. The Bertz CT molecular complexity index is 1160. The van der Waals surface area contributed by atoms with E-state index in [2.05, 4.69) is 5.10 Å². The molecule has 0 aliphatic heterocycles. The first-order chi connectivity index (χ1) is 12.9. The predicted octanol–water partition coefficient (Wildman–Crippen LogP) is 5.17. The summed E-state index contributed by atoms with van der Waals surface area (Å²) in [7, 11) is -4.57. The van der Waals surface area contributed by atoms with Gasteiger partial charge in [-0.1, -0.05) is 34.8 Å². The second-order valence-corrected chi connectivity index (χ2v) is 8.36. The van der Waals surface area contributed by atoms with Gasteiger partial charge < -0.3 is 0 Å². The molecule has 3 aromatic rings. The molecule has 0 saturated carbocycles. The average molecular weight is 471 g/mol. The zero-order valence-corrected chi connectivity index (χ0v) is 16.6. The van der Waals surface area contributed by atoms with Crippen LogP contribution in [-0.2, 0) is 16.2 Å². The largest absolute Gasteiger partial charge is 0.418 e. The van der Waals surface area contributed by atoms with E-state index in [0.717, 1.165) is 16.8 Å². The van der Waals surface area contributed by atoms with Crippen LogP contribution in [0.5, 0.6) is 0 Å². The van der Waals surface area contributed by atoms with E-state index in [1.54, 1.807) is 0 Å². The van der Waals surface area contributed by atoms with Crippen LogP contribution in [0.4, 0.5) is 13.2 Å². The zero-order valence-electron chi connectivity index (χ0n) is 13.5. The summed E-state index contributed by atoms with van der Waals surface area (Å²) in [5.74, 6) is 0. The Morgan fingerprint density at radius 1 is 1.00 bits per heavy atom. The van der Waals surface area contributed by atoms with E-state index in [9.17, 15) is 21.6 Å². The van der Waals surface area contributed by atoms with Crippen molar-refractivity contribution in [3.63, 3.8) is 0 Å². The van der Waals surface area contributed by atoms with Gasteiger partial charge in [0.05, 0.1) is 21.3 Å². The van der Waals surface area contributed by atoms with Gasteiger partial charge in [0.1, 0.15) is 4.90 Å². The molecule has 1 aromatic heterocycles. The smallest absolute Gasteiger partial charge is 0.239 e. The SMILES string of the molecule is NS(=O)(=O)c1cc(-c2cc(Cl)c(Cl)cc2Cl)cc(C(F)(F)F)c1-n1cccn1. The predicted molar refractivity (Wildman–Crippen MR) is 100 cm³/mol. The van der Waals surface area contributed by atoms with Crippen LogP contribution in [0.3, 0.4) is 0 Å². The summed E-state index contributed by atoms with van der Waals surface area (Å²) in [6.07, 6.45) is -2.54. The summed E-state index contributed by atoms with van der Waals surface area (Å²) in [5, 5.41) is 9.01. The first kappa shape index (κ1) is 20.9. The molecule has 0 unspecified atom stereocenters. The van der Waals surface area contributed by atoms with E-state index in [-0.39, 0.29) is 26.2 Å². The number of hydrogen-bond acceptors (Lipinski definition) is 3. The number of halogens is 6. The van der Waals surface area contributed by atoms with Crippen LogP contribution in [0, 0.1) is 0 Å². The number of nitrogens with two attached hydrogens (primary N) is 1. The Morgan fingerprint density at radius 3 is 2.18 bits per heavy atom. The molecule has 0 radical (unpaired) electrons. The Labute approximate surface area is 172 Å². The third kappa shape index (κ3) is 3.99. The fourth-order valence-electron chi connectivity index (χ4n) is 2.58. The van der Waals surface area contributed by atoms with Gasteiger partial charge in [0, 0.05) is 23.0 Å². The van der Waals surface area contributed by atoms with Crippen LogP contribution in [-0.4, -0.2) is 18.2 Å². The molecular weight excluding hydrogens is 462 g/mol. The quantitative estimate of drug-likeness (QED) is 0.537. The van der Waals surface area contributed by atoms with Gasteiger partial charge in [-0.2, -0.15) is 18.3 Å². The van der Waals surface area contributed by atoms with Crippen LogP contribution in [0.1, 0.15) is 5.56 Å². The van der Waals surface area contributed by atoms with E-state index < -0.39 is 32.3 Å². The second kappa shape index (κ2) is 7.23. The molecule has 3 rings (SSSR count). The van der Waals surface area contributed by atoms with E-state index in [0.29, 0.717) is 0 Å². The highest BCUT2D eigenvalue weighted by molar-refractivity contribution is 7.89. The summed E-state index contributed by atoms with van der Waals surface area (Å²) in [6, 6.07) is 5.55. The first-order valence-corrected chi connectivity index (χ1v) is 10.0. The topological polar surface area (TPSA) is 78.0 Å². The van der Waals surface area contributed by atoms with Gasteiger partial charge in [-0.15, -0.1) is 0 Å². The lowest BCUT2D eigenvalue weighted by atomic mass is 10.0. The third-order valence-electron chi connectivity index (χ3n) is 3.74. The number of nitrogens with zero attached hydrogens (tertiary/aromatic N) is 2. The van der Waals surface area contributed by atoms with Gasteiger partial charge in [0.2, 0.25) is 10.0 Å². The van der Waals surface area contributed by atoms with Gasteiger partial charge in [-0.25, -0.2) is 18.2 Å². The van der Waals surface area contributed by atoms with Crippen molar-refractivity contribution in [2.45, 2.75) is 11.1 Å². The highest BCUT2D eigenvalue weighted by atomic mass is 35.5. The number of hydrogen-bond donors (Lipinski definition) is 1. The summed E-state index contributed by atoms with van der Waals surface area (Å²) < 4.78 is 66.4. The molecule has 12 heteroatoms. The van der Waals surface area contributed by atoms with Crippen molar-refractivity contribution in [2.24, 2.45) is 5.14 Å². The molecule has 0 fully saturated rings. The van der Waals surface area contributed by atoms with Crippen molar-refractivity contribution >= 4 is 44.8 Å². The highest BCUT2D eigenvalue weighted by Gasteiger charge is 2.38. The van der Waals surface area contributed by atoms with Crippen LogP contribution in [0.25, 0.3) is 16.8 Å². The molecule has 0 saturated heterocycles. The molecule has 28 heavy (non-hydrogen) atoms. The van der Waals surface area contributed by atoms with Gasteiger partial charge in [-0.05, 0) is 35.9 Å². The van der Waals surface area contributed by atoms with Gasteiger partial charge in [-0.3, -0.25) is 0 Å². The van der Waals surface area contributed by atoms with Crippen LogP contribution < -0.4 is 5.14 Å². The number of sulfonamides is 1. The Hall–Kier alpha value is -1.78.